The Morgan fingerprint density at radius 1 is 1.33 bits per heavy atom. The summed E-state index contributed by atoms with van der Waals surface area (Å²) in [6.45, 7) is 2.88. The van der Waals surface area contributed by atoms with Crippen LogP contribution in [0.15, 0.2) is 24.3 Å². The van der Waals surface area contributed by atoms with Gasteiger partial charge in [0, 0.05) is 6.54 Å². The zero-order valence-electron chi connectivity index (χ0n) is 10.7. The summed E-state index contributed by atoms with van der Waals surface area (Å²) in [7, 11) is 1.38. The lowest BCUT2D eigenvalue weighted by atomic mass is 9.99. The van der Waals surface area contributed by atoms with E-state index in [2.05, 4.69) is 0 Å². The van der Waals surface area contributed by atoms with Gasteiger partial charge in [-0.2, -0.15) is 0 Å². The maximum atomic E-state index is 11.4. The van der Waals surface area contributed by atoms with E-state index in [4.69, 9.17) is 15.2 Å². The van der Waals surface area contributed by atoms with Crippen LogP contribution in [0.25, 0.3) is 0 Å². The molecule has 0 radical (unpaired) electrons. The predicted molar refractivity (Wildman–Crippen MR) is 73.1 cm³/mol. The van der Waals surface area contributed by atoms with Gasteiger partial charge < -0.3 is 15.2 Å². The third kappa shape index (κ3) is 4.94. The largest absolute Gasteiger partial charge is 0.494 e. The van der Waals surface area contributed by atoms with Crippen molar-refractivity contribution < 1.29 is 14.3 Å². The molecule has 0 saturated heterocycles. The van der Waals surface area contributed by atoms with E-state index >= 15 is 0 Å². The molecule has 0 bridgehead atoms. The van der Waals surface area contributed by atoms with Gasteiger partial charge in [-0.15, -0.1) is 12.4 Å². The third-order valence-electron chi connectivity index (χ3n) is 2.54. The molecule has 2 N–H and O–H groups in total. The minimum absolute atomic E-state index is 0. The van der Waals surface area contributed by atoms with Crippen molar-refractivity contribution >= 4 is 18.4 Å². The number of halogens is 1. The number of esters is 1. The highest BCUT2D eigenvalue weighted by Crippen LogP contribution is 2.15. The van der Waals surface area contributed by atoms with Crippen molar-refractivity contribution in [2.45, 2.75) is 13.3 Å². The Labute approximate surface area is 114 Å². The van der Waals surface area contributed by atoms with Crippen LogP contribution >= 0.6 is 12.4 Å². The number of ether oxygens (including phenoxy) is 2. The number of hydrogen-bond donors (Lipinski definition) is 1. The minimum atomic E-state index is -0.280. The quantitative estimate of drug-likeness (QED) is 0.803. The minimum Gasteiger partial charge on any atom is -0.494 e. The first-order valence-corrected chi connectivity index (χ1v) is 5.70. The summed E-state index contributed by atoms with van der Waals surface area (Å²) >= 11 is 0. The Bertz CT molecular complexity index is 354. The van der Waals surface area contributed by atoms with Gasteiger partial charge in [0.05, 0.1) is 19.6 Å². The van der Waals surface area contributed by atoms with E-state index in [-0.39, 0.29) is 24.3 Å². The van der Waals surface area contributed by atoms with Crippen LogP contribution < -0.4 is 10.5 Å². The van der Waals surface area contributed by atoms with E-state index < -0.39 is 0 Å². The Kier molecular flexibility index (Phi) is 8.16. The zero-order chi connectivity index (χ0) is 12.7. The highest BCUT2D eigenvalue weighted by atomic mass is 35.5. The molecule has 0 spiro atoms. The molecule has 5 heteroatoms. The Morgan fingerprint density at radius 2 is 1.94 bits per heavy atom. The summed E-state index contributed by atoms with van der Waals surface area (Å²) in [5, 5.41) is 0. The summed E-state index contributed by atoms with van der Waals surface area (Å²) in [5.41, 5.74) is 6.60. The predicted octanol–water partition coefficient (Wildman–Crippen LogP) is 1.80. The fourth-order valence-electron chi connectivity index (χ4n) is 1.60. The molecule has 0 amide bonds. The second-order valence-corrected chi connectivity index (χ2v) is 3.74. The fourth-order valence-corrected chi connectivity index (χ4v) is 1.60. The lowest BCUT2D eigenvalue weighted by molar-refractivity contribution is -0.145. The fraction of sp³-hybridized carbons (Fsp3) is 0.462. The molecule has 0 heterocycles. The van der Waals surface area contributed by atoms with Gasteiger partial charge in [0.25, 0.3) is 0 Å². The molecule has 1 aromatic rings. The van der Waals surface area contributed by atoms with Gasteiger partial charge in [-0.3, -0.25) is 4.79 Å². The normalized spacial score (nSPS) is 11.3. The molecule has 0 aromatic heterocycles. The van der Waals surface area contributed by atoms with Crippen molar-refractivity contribution in [3.63, 3.8) is 0 Å². The first kappa shape index (κ1) is 16.7. The van der Waals surface area contributed by atoms with E-state index in [0.717, 1.165) is 11.3 Å². The molecule has 0 aliphatic heterocycles. The Hall–Kier alpha value is -1.26. The monoisotopic (exact) mass is 273 g/mol. The molecule has 1 aromatic carbocycles. The molecule has 1 rings (SSSR count). The van der Waals surface area contributed by atoms with Crippen LogP contribution in [-0.4, -0.2) is 26.2 Å². The molecule has 1 atom stereocenters. The lowest BCUT2D eigenvalue weighted by Crippen LogP contribution is -2.26. The average Bonchev–Trinajstić information content (AvgIpc) is 2.37. The highest BCUT2D eigenvalue weighted by Gasteiger charge is 2.17. The van der Waals surface area contributed by atoms with Gasteiger partial charge in [0.2, 0.25) is 0 Å². The summed E-state index contributed by atoms with van der Waals surface area (Å²) in [6, 6.07) is 7.67. The average molecular weight is 274 g/mol. The molecular formula is C13H20ClNO3. The van der Waals surface area contributed by atoms with E-state index in [1.54, 1.807) is 0 Å². The van der Waals surface area contributed by atoms with Crippen molar-refractivity contribution in [3.05, 3.63) is 29.8 Å². The van der Waals surface area contributed by atoms with Crippen molar-refractivity contribution in [2.24, 2.45) is 11.7 Å². The number of carbonyl (C=O) groups is 1. The molecule has 4 nitrogen and oxygen atoms in total. The summed E-state index contributed by atoms with van der Waals surface area (Å²) in [4.78, 5) is 11.4. The molecule has 0 fully saturated rings. The van der Waals surface area contributed by atoms with Gasteiger partial charge >= 0.3 is 5.97 Å². The van der Waals surface area contributed by atoms with Crippen molar-refractivity contribution in [1.82, 2.24) is 0 Å². The van der Waals surface area contributed by atoms with Gasteiger partial charge in [-0.1, -0.05) is 12.1 Å². The number of benzene rings is 1. The first-order chi connectivity index (χ1) is 8.21. The van der Waals surface area contributed by atoms with Crippen LogP contribution in [0.3, 0.4) is 0 Å². The molecule has 0 saturated carbocycles. The van der Waals surface area contributed by atoms with E-state index in [1.807, 2.05) is 31.2 Å². The smallest absolute Gasteiger partial charge is 0.310 e. The number of hydrogen-bond acceptors (Lipinski definition) is 4. The standard InChI is InChI=1S/C13H19NO3.ClH/c1-3-17-12-6-4-10(5-7-12)8-11(9-14)13(15)16-2;/h4-7,11H,3,8-9,14H2,1-2H3;1H. The summed E-state index contributed by atoms with van der Waals surface area (Å²) in [5.74, 6) is 0.290. The van der Waals surface area contributed by atoms with Crippen molar-refractivity contribution in [1.29, 1.82) is 0 Å². The molecule has 1 unspecified atom stereocenters. The highest BCUT2D eigenvalue weighted by molar-refractivity contribution is 5.85. The van der Waals surface area contributed by atoms with Crippen LogP contribution in [0.5, 0.6) is 5.75 Å². The van der Waals surface area contributed by atoms with Crippen LogP contribution in [0.2, 0.25) is 0 Å². The van der Waals surface area contributed by atoms with E-state index in [9.17, 15) is 4.79 Å². The Morgan fingerprint density at radius 3 is 2.39 bits per heavy atom. The van der Waals surface area contributed by atoms with E-state index in [0.29, 0.717) is 19.6 Å². The van der Waals surface area contributed by atoms with E-state index in [1.165, 1.54) is 7.11 Å². The second kappa shape index (κ2) is 8.78. The number of carbonyl (C=O) groups excluding carboxylic acids is 1. The number of nitrogens with two attached hydrogens (primary N) is 1. The molecule has 18 heavy (non-hydrogen) atoms. The van der Waals surface area contributed by atoms with Crippen molar-refractivity contribution in [3.8, 4) is 5.75 Å². The van der Waals surface area contributed by atoms with Gasteiger partial charge in [0.15, 0.2) is 0 Å². The number of rotatable bonds is 6. The maximum absolute atomic E-state index is 11.4. The van der Waals surface area contributed by atoms with Crippen LogP contribution in [-0.2, 0) is 16.0 Å². The molecule has 0 aliphatic rings. The summed E-state index contributed by atoms with van der Waals surface area (Å²) < 4.78 is 10.0. The first-order valence-electron chi connectivity index (χ1n) is 5.70. The summed E-state index contributed by atoms with van der Waals surface area (Å²) in [6.07, 6.45) is 0.593. The van der Waals surface area contributed by atoms with Gasteiger partial charge in [0.1, 0.15) is 5.75 Å². The topological polar surface area (TPSA) is 61.5 Å². The molecule has 0 aliphatic carbocycles. The SMILES string of the molecule is CCOc1ccc(CC(CN)C(=O)OC)cc1.Cl. The van der Waals surface area contributed by atoms with Gasteiger partial charge in [-0.25, -0.2) is 0 Å². The third-order valence-corrected chi connectivity index (χ3v) is 2.54. The molecular weight excluding hydrogens is 254 g/mol. The zero-order valence-corrected chi connectivity index (χ0v) is 11.5. The second-order valence-electron chi connectivity index (χ2n) is 3.74. The van der Waals surface area contributed by atoms with Crippen LogP contribution in [0.4, 0.5) is 0 Å². The van der Waals surface area contributed by atoms with Gasteiger partial charge in [-0.05, 0) is 31.0 Å². The van der Waals surface area contributed by atoms with Crippen LogP contribution in [0.1, 0.15) is 12.5 Å². The maximum Gasteiger partial charge on any atom is 0.310 e. The van der Waals surface area contributed by atoms with Crippen LogP contribution in [0, 0.1) is 5.92 Å². The Balaban J connectivity index is 0.00000289. The number of methoxy groups -OCH3 is 1. The van der Waals surface area contributed by atoms with Crippen molar-refractivity contribution in [2.75, 3.05) is 20.3 Å². The lowest BCUT2D eigenvalue weighted by Gasteiger charge is -2.12. The molecule has 102 valence electrons.